The smallest absolute Gasteiger partial charge is 0.356 e. The van der Waals surface area contributed by atoms with Crippen molar-refractivity contribution in [3.63, 3.8) is 0 Å². The molecule has 0 unspecified atom stereocenters. The Kier molecular flexibility index (Phi) is 6.00. The number of amides is 3. The van der Waals surface area contributed by atoms with Crippen molar-refractivity contribution in [2.45, 2.75) is 0 Å². The Morgan fingerprint density at radius 3 is 2.25 bits per heavy atom. The number of halogens is 1. The van der Waals surface area contributed by atoms with Gasteiger partial charge in [-0.1, -0.05) is 24.3 Å². The van der Waals surface area contributed by atoms with Crippen molar-refractivity contribution < 1.29 is 28.3 Å². The predicted octanol–water partition coefficient (Wildman–Crippen LogP) is 3.61. The molecule has 0 radical (unpaired) electrons. The van der Waals surface area contributed by atoms with Crippen molar-refractivity contribution in [1.29, 1.82) is 0 Å². The molecule has 1 N–H and O–H groups in total. The van der Waals surface area contributed by atoms with Crippen LogP contribution in [0.15, 0.2) is 81.5 Å². The fourth-order valence-corrected chi connectivity index (χ4v) is 3.52. The Hall–Kier alpha value is -3.98. The zero-order valence-electron chi connectivity index (χ0n) is 16.4. The lowest BCUT2D eigenvalue weighted by Gasteiger charge is -2.15. The molecule has 0 saturated carbocycles. The highest BCUT2D eigenvalue weighted by Crippen LogP contribution is 2.22. The fourth-order valence-electron chi connectivity index (χ4n) is 3.05. The van der Waals surface area contributed by atoms with E-state index in [-0.39, 0.29) is 16.8 Å². The third-order valence-corrected chi connectivity index (χ3v) is 5.31. The molecule has 3 aromatic rings. The first-order chi connectivity index (χ1) is 15.5. The van der Waals surface area contributed by atoms with Crippen LogP contribution in [0.1, 0.15) is 36.8 Å². The van der Waals surface area contributed by atoms with Gasteiger partial charge in [0.25, 0.3) is 17.7 Å². The Labute approximate surface area is 190 Å². The normalized spacial score (nSPS) is 13.2. The molecule has 0 aliphatic carbocycles. The summed E-state index contributed by atoms with van der Waals surface area (Å²) < 4.78 is 10.9. The van der Waals surface area contributed by atoms with E-state index in [1.165, 1.54) is 24.5 Å². The number of nitrogens with one attached hydrogen (secondary N) is 1. The number of carbonyl (C=O) groups excluding carboxylic acids is 4. The highest BCUT2D eigenvalue weighted by Gasteiger charge is 2.36. The summed E-state index contributed by atoms with van der Waals surface area (Å²) in [5.74, 6) is -2.34. The van der Waals surface area contributed by atoms with E-state index in [0.717, 1.165) is 4.90 Å². The van der Waals surface area contributed by atoms with E-state index in [1.54, 1.807) is 48.5 Å². The van der Waals surface area contributed by atoms with Crippen LogP contribution in [0.3, 0.4) is 0 Å². The molecule has 4 rings (SSSR count). The number of carbonyl (C=O) groups is 4. The number of hydrogen-bond donors (Lipinski definition) is 1. The summed E-state index contributed by atoms with van der Waals surface area (Å²) in [7, 11) is 0. The lowest BCUT2D eigenvalue weighted by Crippen LogP contribution is -2.35. The van der Waals surface area contributed by atoms with E-state index >= 15 is 0 Å². The lowest BCUT2D eigenvalue weighted by atomic mass is 10.1. The van der Waals surface area contributed by atoms with Crippen LogP contribution in [0.2, 0.25) is 0 Å². The van der Waals surface area contributed by atoms with Gasteiger partial charge in [0, 0.05) is 10.5 Å². The second-order valence-corrected chi connectivity index (χ2v) is 7.51. The van der Waals surface area contributed by atoms with E-state index in [0.29, 0.717) is 15.8 Å². The van der Waals surface area contributed by atoms with E-state index in [2.05, 4.69) is 21.2 Å². The molecule has 1 aromatic heterocycles. The van der Waals surface area contributed by atoms with Crippen LogP contribution in [0.25, 0.3) is 6.08 Å². The number of fused-ring (bicyclic) bond motifs is 1. The minimum absolute atomic E-state index is 0.225. The molecule has 1 aliphatic rings. The molecule has 1 aliphatic heterocycles. The molecule has 0 atom stereocenters. The molecule has 0 saturated heterocycles. The number of benzene rings is 2. The first kappa shape index (κ1) is 21.3. The van der Waals surface area contributed by atoms with E-state index in [4.69, 9.17) is 9.15 Å². The van der Waals surface area contributed by atoms with Crippen LogP contribution in [0.5, 0.6) is 0 Å². The van der Waals surface area contributed by atoms with Crippen LogP contribution in [0, 0.1) is 0 Å². The average molecular weight is 495 g/mol. The molecule has 2 heterocycles. The van der Waals surface area contributed by atoms with Gasteiger partial charge in [-0.25, -0.2) is 9.69 Å². The van der Waals surface area contributed by atoms with Crippen molar-refractivity contribution in [3.05, 3.63) is 99.5 Å². The second-order valence-electron chi connectivity index (χ2n) is 6.65. The minimum atomic E-state index is -0.946. The third-order valence-electron chi connectivity index (χ3n) is 4.62. The number of ether oxygens (including phenoxy) is 1. The Bertz CT molecular complexity index is 1210. The van der Waals surface area contributed by atoms with Gasteiger partial charge >= 0.3 is 5.97 Å². The number of hydrogen-bond acceptors (Lipinski definition) is 6. The van der Waals surface area contributed by atoms with E-state index in [1.807, 2.05) is 0 Å². The Balaban J connectivity index is 1.51. The number of nitrogens with zero attached hydrogens (tertiary/aromatic N) is 1. The summed E-state index contributed by atoms with van der Waals surface area (Å²) in [5, 5.41) is 2.50. The summed E-state index contributed by atoms with van der Waals surface area (Å²) in [4.78, 5) is 51.2. The molecular weight excluding hydrogens is 480 g/mol. The number of esters is 1. The molecule has 2 aromatic carbocycles. The van der Waals surface area contributed by atoms with Crippen molar-refractivity contribution >= 4 is 45.7 Å². The zero-order chi connectivity index (χ0) is 22.7. The van der Waals surface area contributed by atoms with Gasteiger partial charge in [-0.05, 0) is 52.3 Å². The maximum absolute atomic E-state index is 12.8. The van der Waals surface area contributed by atoms with Crippen LogP contribution in [0.4, 0.5) is 0 Å². The van der Waals surface area contributed by atoms with Crippen LogP contribution >= 0.6 is 15.9 Å². The molecule has 160 valence electrons. The molecule has 0 bridgehead atoms. The van der Waals surface area contributed by atoms with Crippen LogP contribution in [-0.2, 0) is 9.53 Å². The first-order valence-corrected chi connectivity index (χ1v) is 10.2. The summed E-state index contributed by atoms with van der Waals surface area (Å²) >= 11 is 3.29. The molecule has 8 nitrogen and oxygen atoms in total. The second kappa shape index (κ2) is 9.03. The predicted molar refractivity (Wildman–Crippen MR) is 116 cm³/mol. The standard InChI is InChI=1S/C23H15BrN2O6/c24-18-10-4-3-9-17(18)20(27)25-19(12-14-6-5-11-31-14)23(30)32-13-26-21(28)15-7-1-2-8-16(15)22(26)29/h1-12H,13H2,(H,25,27)/b19-12-. The monoisotopic (exact) mass is 494 g/mol. The van der Waals surface area contributed by atoms with Gasteiger partial charge in [0.05, 0.1) is 23.0 Å². The lowest BCUT2D eigenvalue weighted by molar-refractivity contribution is -0.141. The summed E-state index contributed by atoms with van der Waals surface area (Å²) in [5.41, 5.74) is 0.549. The summed E-state index contributed by atoms with van der Waals surface area (Å²) in [6.07, 6.45) is 2.70. The number of imide groups is 1. The largest absolute Gasteiger partial charge is 0.465 e. The van der Waals surface area contributed by atoms with Gasteiger partial charge in [0.2, 0.25) is 0 Å². The molecule has 0 spiro atoms. The van der Waals surface area contributed by atoms with Crippen molar-refractivity contribution in [1.82, 2.24) is 10.2 Å². The van der Waals surface area contributed by atoms with Gasteiger partial charge in [0.1, 0.15) is 11.5 Å². The maximum Gasteiger partial charge on any atom is 0.356 e. The Morgan fingerprint density at radius 1 is 0.969 bits per heavy atom. The molecule has 3 amide bonds. The number of furan rings is 1. The van der Waals surface area contributed by atoms with E-state index < -0.39 is 30.4 Å². The molecular formula is C23H15BrN2O6. The van der Waals surface area contributed by atoms with Gasteiger partial charge < -0.3 is 14.5 Å². The molecule has 9 heteroatoms. The topological polar surface area (TPSA) is 106 Å². The fraction of sp³-hybridized carbons (Fsp3) is 0.0435. The Morgan fingerprint density at radius 2 is 1.62 bits per heavy atom. The quantitative estimate of drug-likeness (QED) is 0.318. The minimum Gasteiger partial charge on any atom is -0.465 e. The van der Waals surface area contributed by atoms with Crippen molar-refractivity contribution in [2.75, 3.05) is 6.73 Å². The third kappa shape index (κ3) is 4.23. The van der Waals surface area contributed by atoms with Crippen molar-refractivity contribution in [3.8, 4) is 0 Å². The van der Waals surface area contributed by atoms with Crippen molar-refractivity contribution in [2.24, 2.45) is 0 Å². The van der Waals surface area contributed by atoms with Gasteiger partial charge in [0.15, 0.2) is 6.73 Å². The maximum atomic E-state index is 12.8. The highest BCUT2D eigenvalue weighted by atomic mass is 79.9. The first-order valence-electron chi connectivity index (χ1n) is 9.39. The van der Waals surface area contributed by atoms with Crippen LogP contribution < -0.4 is 5.32 Å². The van der Waals surface area contributed by atoms with E-state index in [9.17, 15) is 19.2 Å². The average Bonchev–Trinajstić information content (AvgIpc) is 3.39. The van der Waals surface area contributed by atoms with Crippen LogP contribution in [-0.4, -0.2) is 35.3 Å². The number of rotatable bonds is 6. The highest BCUT2D eigenvalue weighted by molar-refractivity contribution is 9.10. The molecule has 32 heavy (non-hydrogen) atoms. The SMILES string of the molecule is O=C(OCN1C(=O)c2ccccc2C1=O)/C(=C/c1ccco1)NC(=O)c1ccccc1Br. The summed E-state index contributed by atoms with van der Waals surface area (Å²) in [6, 6.07) is 16.2. The van der Waals surface area contributed by atoms with Gasteiger partial charge in [-0.15, -0.1) is 0 Å². The molecule has 0 fully saturated rings. The summed E-state index contributed by atoms with van der Waals surface area (Å²) in [6.45, 7) is -0.606. The van der Waals surface area contributed by atoms with Gasteiger partial charge in [-0.2, -0.15) is 0 Å². The van der Waals surface area contributed by atoms with Gasteiger partial charge in [-0.3, -0.25) is 14.4 Å². The zero-order valence-corrected chi connectivity index (χ0v) is 18.0.